The fourth-order valence-corrected chi connectivity index (χ4v) is 3.31. The lowest BCUT2D eigenvalue weighted by Gasteiger charge is -2.27. The van der Waals surface area contributed by atoms with Crippen LogP contribution in [0, 0.1) is 12.8 Å². The van der Waals surface area contributed by atoms with Gasteiger partial charge in [0, 0.05) is 16.2 Å². The van der Waals surface area contributed by atoms with Crippen LogP contribution < -0.4 is 10.6 Å². The molecule has 1 fully saturated rings. The van der Waals surface area contributed by atoms with Crippen LogP contribution in [-0.4, -0.2) is 23.1 Å². The molecule has 0 radical (unpaired) electrons. The summed E-state index contributed by atoms with van der Waals surface area (Å²) < 4.78 is 0.904. The van der Waals surface area contributed by atoms with Gasteiger partial charge in [-0.1, -0.05) is 22.4 Å². The van der Waals surface area contributed by atoms with E-state index in [1.807, 2.05) is 25.1 Å². The van der Waals surface area contributed by atoms with E-state index >= 15 is 0 Å². The molecular formula is C15H19BrN2O3. The Morgan fingerprint density at radius 2 is 2.05 bits per heavy atom. The van der Waals surface area contributed by atoms with Gasteiger partial charge in [0.1, 0.15) is 0 Å². The Hall–Kier alpha value is -1.56. The van der Waals surface area contributed by atoms with E-state index in [2.05, 4.69) is 26.6 Å². The number of benzene rings is 1. The van der Waals surface area contributed by atoms with E-state index in [0.29, 0.717) is 18.5 Å². The highest BCUT2D eigenvalue weighted by Gasteiger charge is 2.27. The smallest absolute Gasteiger partial charge is 0.319 e. The number of hydrogen-bond donors (Lipinski definition) is 3. The number of halogens is 1. The van der Waals surface area contributed by atoms with Crippen LogP contribution in [0.3, 0.4) is 0 Å². The fourth-order valence-electron chi connectivity index (χ4n) is 2.71. The van der Waals surface area contributed by atoms with Crippen LogP contribution >= 0.6 is 15.9 Å². The van der Waals surface area contributed by atoms with Crippen LogP contribution in [-0.2, 0) is 4.79 Å². The molecule has 2 unspecified atom stereocenters. The average molecular weight is 355 g/mol. The van der Waals surface area contributed by atoms with E-state index in [1.54, 1.807) is 0 Å². The number of nitrogens with one attached hydrogen (secondary N) is 2. The van der Waals surface area contributed by atoms with Crippen molar-refractivity contribution in [3.8, 4) is 0 Å². The first-order valence-electron chi connectivity index (χ1n) is 7.01. The highest BCUT2D eigenvalue weighted by molar-refractivity contribution is 9.10. The molecule has 2 rings (SSSR count). The topological polar surface area (TPSA) is 78.4 Å². The number of hydrogen-bond acceptors (Lipinski definition) is 2. The Labute approximate surface area is 132 Å². The number of carbonyl (C=O) groups excluding carboxylic acids is 1. The molecule has 2 atom stereocenters. The van der Waals surface area contributed by atoms with E-state index in [4.69, 9.17) is 5.11 Å². The number of anilines is 1. The molecular weight excluding hydrogens is 336 g/mol. The lowest BCUT2D eigenvalue weighted by molar-refractivity contribution is -0.143. The summed E-state index contributed by atoms with van der Waals surface area (Å²) in [6.45, 7) is 1.95. The van der Waals surface area contributed by atoms with Crippen molar-refractivity contribution in [3.63, 3.8) is 0 Å². The normalized spacial score (nSPS) is 21.6. The third-order valence-corrected chi connectivity index (χ3v) is 4.12. The lowest BCUT2D eigenvalue weighted by Crippen LogP contribution is -2.42. The summed E-state index contributed by atoms with van der Waals surface area (Å²) in [5.41, 5.74) is 1.76. The third-order valence-electron chi connectivity index (χ3n) is 3.66. The summed E-state index contributed by atoms with van der Waals surface area (Å²) >= 11 is 3.39. The van der Waals surface area contributed by atoms with Gasteiger partial charge >= 0.3 is 12.0 Å². The Morgan fingerprint density at radius 1 is 1.29 bits per heavy atom. The number of aliphatic carboxylic acids is 1. The first-order valence-corrected chi connectivity index (χ1v) is 7.81. The maximum atomic E-state index is 12.0. The molecule has 1 aromatic rings. The van der Waals surface area contributed by atoms with Crippen molar-refractivity contribution >= 4 is 33.6 Å². The summed E-state index contributed by atoms with van der Waals surface area (Å²) in [5, 5.41) is 14.7. The molecule has 0 aromatic heterocycles. The molecule has 5 nitrogen and oxygen atoms in total. The van der Waals surface area contributed by atoms with Gasteiger partial charge in [0.15, 0.2) is 0 Å². The van der Waals surface area contributed by atoms with Crippen LogP contribution in [0.5, 0.6) is 0 Å². The average Bonchev–Trinajstić information content (AvgIpc) is 2.37. The minimum atomic E-state index is -0.774. The fraction of sp³-hybridized carbons (Fsp3) is 0.467. The predicted octanol–water partition coefficient (Wildman–Crippen LogP) is 3.52. The second kappa shape index (κ2) is 6.93. The molecule has 114 valence electrons. The van der Waals surface area contributed by atoms with E-state index < -0.39 is 5.97 Å². The summed E-state index contributed by atoms with van der Waals surface area (Å²) in [6, 6.07) is 5.30. The summed E-state index contributed by atoms with van der Waals surface area (Å²) in [7, 11) is 0. The first-order chi connectivity index (χ1) is 9.94. The van der Waals surface area contributed by atoms with Crippen molar-refractivity contribution in [3.05, 3.63) is 28.2 Å². The van der Waals surface area contributed by atoms with Crippen LogP contribution in [0.15, 0.2) is 22.7 Å². The standard InChI is InChI=1S/C15H19BrN2O3/c1-9-5-11(16)8-13(6-9)18-15(21)17-12-4-2-3-10(7-12)14(19)20/h5-6,8,10,12H,2-4,7H2,1H3,(H,19,20)(H2,17,18,21). The zero-order valence-electron chi connectivity index (χ0n) is 11.9. The molecule has 1 aliphatic rings. The highest BCUT2D eigenvalue weighted by Crippen LogP contribution is 2.24. The number of urea groups is 1. The van der Waals surface area contributed by atoms with E-state index in [1.165, 1.54) is 0 Å². The molecule has 1 saturated carbocycles. The monoisotopic (exact) mass is 354 g/mol. The molecule has 0 bridgehead atoms. The third kappa shape index (κ3) is 4.74. The quantitative estimate of drug-likeness (QED) is 0.776. The summed E-state index contributed by atoms with van der Waals surface area (Å²) in [4.78, 5) is 23.0. The largest absolute Gasteiger partial charge is 0.481 e. The zero-order chi connectivity index (χ0) is 15.4. The molecule has 21 heavy (non-hydrogen) atoms. The molecule has 3 N–H and O–H groups in total. The number of rotatable bonds is 3. The molecule has 6 heteroatoms. The number of carboxylic acids is 1. The van der Waals surface area contributed by atoms with Crippen LogP contribution in [0.25, 0.3) is 0 Å². The van der Waals surface area contributed by atoms with Crippen molar-refractivity contribution in [1.82, 2.24) is 5.32 Å². The van der Waals surface area contributed by atoms with Gasteiger partial charge in [-0.05, 0) is 49.9 Å². The Bertz CT molecular complexity index is 527. The van der Waals surface area contributed by atoms with E-state index in [9.17, 15) is 9.59 Å². The number of carboxylic acid groups (broad SMARTS) is 1. The molecule has 2 amide bonds. The molecule has 0 saturated heterocycles. The van der Waals surface area contributed by atoms with Crippen molar-refractivity contribution in [2.75, 3.05) is 5.32 Å². The van der Waals surface area contributed by atoms with Gasteiger partial charge in [-0.3, -0.25) is 4.79 Å². The lowest BCUT2D eigenvalue weighted by atomic mass is 9.86. The SMILES string of the molecule is Cc1cc(Br)cc(NC(=O)NC2CCCC(C(=O)O)C2)c1. The van der Waals surface area contributed by atoms with Gasteiger partial charge in [0.25, 0.3) is 0 Å². The Kier molecular flexibility index (Phi) is 5.22. The van der Waals surface area contributed by atoms with Gasteiger partial charge in [0.2, 0.25) is 0 Å². The van der Waals surface area contributed by atoms with Crippen molar-refractivity contribution in [2.24, 2.45) is 5.92 Å². The molecule has 1 aliphatic carbocycles. The molecule has 0 aliphatic heterocycles. The minimum Gasteiger partial charge on any atom is -0.481 e. The molecule has 0 spiro atoms. The number of carbonyl (C=O) groups is 2. The second-order valence-electron chi connectivity index (χ2n) is 5.51. The minimum absolute atomic E-state index is 0.0758. The van der Waals surface area contributed by atoms with Crippen LogP contribution in [0.4, 0.5) is 10.5 Å². The van der Waals surface area contributed by atoms with Gasteiger partial charge in [-0.25, -0.2) is 4.79 Å². The maximum Gasteiger partial charge on any atom is 0.319 e. The van der Waals surface area contributed by atoms with Crippen molar-refractivity contribution < 1.29 is 14.7 Å². The van der Waals surface area contributed by atoms with Crippen molar-refractivity contribution in [1.29, 1.82) is 0 Å². The van der Waals surface area contributed by atoms with Gasteiger partial charge in [-0.2, -0.15) is 0 Å². The second-order valence-corrected chi connectivity index (χ2v) is 6.43. The van der Waals surface area contributed by atoms with Gasteiger partial charge < -0.3 is 15.7 Å². The first kappa shape index (κ1) is 15.8. The van der Waals surface area contributed by atoms with Crippen molar-refractivity contribution in [2.45, 2.75) is 38.6 Å². The predicted molar refractivity (Wildman–Crippen MR) is 84.4 cm³/mol. The molecule has 0 heterocycles. The number of amides is 2. The summed E-state index contributed by atoms with van der Waals surface area (Å²) in [6.07, 6.45) is 2.85. The maximum absolute atomic E-state index is 12.0. The Balaban J connectivity index is 1.90. The summed E-state index contributed by atoms with van der Waals surface area (Å²) in [5.74, 6) is -1.12. The van der Waals surface area contributed by atoms with E-state index in [0.717, 1.165) is 22.9 Å². The Morgan fingerprint density at radius 3 is 2.71 bits per heavy atom. The van der Waals surface area contributed by atoms with Gasteiger partial charge in [-0.15, -0.1) is 0 Å². The zero-order valence-corrected chi connectivity index (χ0v) is 13.4. The van der Waals surface area contributed by atoms with E-state index in [-0.39, 0.29) is 18.0 Å². The van der Waals surface area contributed by atoms with Crippen LogP contribution in [0.2, 0.25) is 0 Å². The number of aryl methyl sites for hydroxylation is 1. The molecule has 1 aromatic carbocycles. The van der Waals surface area contributed by atoms with Crippen LogP contribution in [0.1, 0.15) is 31.2 Å². The highest BCUT2D eigenvalue weighted by atomic mass is 79.9. The van der Waals surface area contributed by atoms with Gasteiger partial charge in [0.05, 0.1) is 5.92 Å².